The standard InChI is InChI=1S/C15H21F4N3O.HI/c1-3-20-14(21-7-8-23-4-2)22-10-11-5-6-12(16)9-13(11)15(17,18)19;/h5-6,9H,3-4,7-8,10H2,1-2H3,(H2,20,21,22);1H. The van der Waals surface area contributed by atoms with Gasteiger partial charge in [-0.2, -0.15) is 13.2 Å². The van der Waals surface area contributed by atoms with Gasteiger partial charge in [-0.25, -0.2) is 9.38 Å². The van der Waals surface area contributed by atoms with E-state index >= 15 is 0 Å². The van der Waals surface area contributed by atoms with Crippen molar-refractivity contribution >= 4 is 29.9 Å². The topological polar surface area (TPSA) is 45.7 Å². The van der Waals surface area contributed by atoms with E-state index < -0.39 is 17.6 Å². The third-order valence-electron chi connectivity index (χ3n) is 2.87. The lowest BCUT2D eigenvalue weighted by molar-refractivity contribution is -0.138. The molecule has 0 fully saturated rings. The molecule has 1 aromatic rings. The van der Waals surface area contributed by atoms with Crippen LogP contribution in [0.1, 0.15) is 25.0 Å². The van der Waals surface area contributed by atoms with Gasteiger partial charge in [0, 0.05) is 19.7 Å². The van der Waals surface area contributed by atoms with Crippen molar-refractivity contribution in [3.63, 3.8) is 0 Å². The highest BCUT2D eigenvalue weighted by atomic mass is 127. The normalized spacial score (nSPS) is 11.8. The van der Waals surface area contributed by atoms with Gasteiger partial charge in [0.15, 0.2) is 5.96 Å². The zero-order valence-corrected chi connectivity index (χ0v) is 15.9. The fourth-order valence-electron chi connectivity index (χ4n) is 1.84. The van der Waals surface area contributed by atoms with Crippen LogP contribution in [-0.4, -0.2) is 32.3 Å². The van der Waals surface area contributed by atoms with Crippen molar-refractivity contribution < 1.29 is 22.3 Å². The molecule has 0 aromatic heterocycles. The minimum atomic E-state index is -4.62. The molecule has 0 aliphatic carbocycles. The highest BCUT2D eigenvalue weighted by molar-refractivity contribution is 14.0. The predicted octanol–water partition coefficient (Wildman–Crippen LogP) is 3.55. The maximum Gasteiger partial charge on any atom is 0.416 e. The molecule has 0 unspecified atom stereocenters. The first-order valence-electron chi connectivity index (χ1n) is 7.34. The van der Waals surface area contributed by atoms with Crippen LogP contribution in [0.4, 0.5) is 17.6 Å². The second-order valence-electron chi connectivity index (χ2n) is 4.62. The van der Waals surface area contributed by atoms with Crippen LogP contribution in [0, 0.1) is 5.82 Å². The predicted molar refractivity (Wildman–Crippen MR) is 96.1 cm³/mol. The van der Waals surface area contributed by atoms with E-state index in [4.69, 9.17) is 4.74 Å². The van der Waals surface area contributed by atoms with Gasteiger partial charge in [0.2, 0.25) is 0 Å². The lowest BCUT2D eigenvalue weighted by atomic mass is 10.1. The average Bonchev–Trinajstić information content (AvgIpc) is 2.49. The molecular formula is C15H22F4IN3O. The maximum atomic E-state index is 13.1. The monoisotopic (exact) mass is 463 g/mol. The Morgan fingerprint density at radius 1 is 1.21 bits per heavy atom. The molecule has 1 aromatic carbocycles. The first-order valence-corrected chi connectivity index (χ1v) is 7.34. The Labute approximate surface area is 156 Å². The Bertz CT molecular complexity index is 524. The van der Waals surface area contributed by atoms with E-state index in [2.05, 4.69) is 15.6 Å². The zero-order valence-electron chi connectivity index (χ0n) is 13.5. The summed E-state index contributed by atoms with van der Waals surface area (Å²) < 4.78 is 57.0. The molecular weight excluding hydrogens is 441 g/mol. The number of nitrogens with zero attached hydrogens (tertiary/aromatic N) is 1. The van der Waals surface area contributed by atoms with E-state index in [1.807, 2.05) is 13.8 Å². The highest BCUT2D eigenvalue weighted by Crippen LogP contribution is 2.32. The van der Waals surface area contributed by atoms with Crippen LogP contribution in [-0.2, 0) is 17.5 Å². The molecule has 4 nitrogen and oxygen atoms in total. The summed E-state index contributed by atoms with van der Waals surface area (Å²) in [6.07, 6.45) is -4.62. The largest absolute Gasteiger partial charge is 0.416 e. The van der Waals surface area contributed by atoms with Gasteiger partial charge >= 0.3 is 6.18 Å². The zero-order chi connectivity index (χ0) is 17.3. The summed E-state index contributed by atoms with van der Waals surface area (Å²) in [4.78, 5) is 4.10. The quantitative estimate of drug-likeness (QED) is 0.214. The number of guanidine groups is 1. The summed E-state index contributed by atoms with van der Waals surface area (Å²) in [5.74, 6) is -0.545. The molecule has 0 radical (unpaired) electrons. The van der Waals surface area contributed by atoms with E-state index in [-0.39, 0.29) is 36.1 Å². The van der Waals surface area contributed by atoms with Gasteiger partial charge in [-0.3, -0.25) is 0 Å². The second-order valence-corrected chi connectivity index (χ2v) is 4.62. The molecule has 9 heteroatoms. The van der Waals surface area contributed by atoms with Crippen LogP contribution in [0.2, 0.25) is 0 Å². The molecule has 0 heterocycles. The lowest BCUT2D eigenvalue weighted by Crippen LogP contribution is -2.39. The van der Waals surface area contributed by atoms with Crippen molar-refractivity contribution in [1.29, 1.82) is 0 Å². The van der Waals surface area contributed by atoms with Gasteiger partial charge in [-0.15, -0.1) is 24.0 Å². The summed E-state index contributed by atoms with van der Waals surface area (Å²) in [7, 11) is 0. The van der Waals surface area contributed by atoms with Crippen LogP contribution in [0.25, 0.3) is 0 Å². The van der Waals surface area contributed by atoms with Crippen molar-refractivity contribution in [1.82, 2.24) is 10.6 Å². The minimum absolute atomic E-state index is 0. The first-order chi connectivity index (χ1) is 10.9. The maximum absolute atomic E-state index is 13.1. The lowest BCUT2D eigenvalue weighted by Gasteiger charge is -2.14. The molecule has 0 saturated heterocycles. The molecule has 0 aliphatic heterocycles. The Morgan fingerprint density at radius 2 is 1.92 bits per heavy atom. The number of rotatable bonds is 7. The van der Waals surface area contributed by atoms with Gasteiger partial charge in [0.1, 0.15) is 5.82 Å². The van der Waals surface area contributed by atoms with Gasteiger partial charge in [-0.05, 0) is 31.5 Å². The molecule has 0 amide bonds. The molecule has 24 heavy (non-hydrogen) atoms. The van der Waals surface area contributed by atoms with Gasteiger partial charge in [0.25, 0.3) is 0 Å². The van der Waals surface area contributed by atoms with Gasteiger partial charge < -0.3 is 15.4 Å². The van der Waals surface area contributed by atoms with Crippen LogP contribution in [0.5, 0.6) is 0 Å². The molecule has 2 N–H and O–H groups in total. The molecule has 1 rings (SSSR count). The van der Waals surface area contributed by atoms with Crippen molar-refractivity contribution in [2.24, 2.45) is 4.99 Å². The number of alkyl halides is 3. The van der Waals surface area contributed by atoms with Crippen molar-refractivity contribution in [3.8, 4) is 0 Å². The number of halogens is 5. The first kappa shape index (κ1) is 22.9. The second kappa shape index (κ2) is 11.5. The van der Waals surface area contributed by atoms with Crippen molar-refractivity contribution in [3.05, 3.63) is 35.1 Å². The SMILES string of the molecule is CCNC(=NCc1ccc(F)cc1C(F)(F)F)NCCOCC.I. The summed E-state index contributed by atoms with van der Waals surface area (Å²) in [6.45, 7) is 5.60. The van der Waals surface area contributed by atoms with E-state index in [0.717, 1.165) is 12.1 Å². The van der Waals surface area contributed by atoms with E-state index in [1.165, 1.54) is 0 Å². The van der Waals surface area contributed by atoms with Crippen molar-refractivity contribution in [2.75, 3.05) is 26.3 Å². The van der Waals surface area contributed by atoms with Crippen LogP contribution < -0.4 is 10.6 Å². The third kappa shape index (κ3) is 8.13. The Morgan fingerprint density at radius 3 is 2.50 bits per heavy atom. The Kier molecular flexibility index (Phi) is 10.9. The van der Waals surface area contributed by atoms with E-state index in [1.54, 1.807) is 0 Å². The Balaban J connectivity index is 0.00000529. The summed E-state index contributed by atoms with van der Waals surface area (Å²) in [5, 5.41) is 5.88. The third-order valence-corrected chi connectivity index (χ3v) is 2.87. The molecule has 0 spiro atoms. The number of aliphatic imine (C=N–C) groups is 1. The summed E-state index contributed by atoms with van der Waals surface area (Å²) >= 11 is 0. The minimum Gasteiger partial charge on any atom is -0.380 e. The number of hydrogen-bond acceptors (Lipinski definition) is 2. The summed E-state index contributed by atoms with van der Waals surface area (Å²) in [5.41, 5.74) is -1.09. The molecule has 0 bridgehead atoms. The van der Waals surface area contributed by atoms with Crippen LogP contribution >= 0.6 is 24.0 Å². The molecule has 138 valence electrons. The van der Waals surface area contributed by atoms with Crippen LogP contribution in [0.15, 0.2) is 23.2 Å². The van der Waals surface area contributed by atoms with Crippen LogP contribution in [0.3, 0.4) is 0 Å². The highest BCUT2D eigenvalue weighted by Gasteiger charge is 2.33. The summed E-state index contributed by atoms with van der Waals surface area (Å²) in [6, 6.07) is 2.58. The number of benzene rings is 1. The molecule has 0 aliphatic rings. The van der Waals surface area contributed by atoms with E-state index in [0.29, 0.717) is 38.3 Å². The fraction of sp³-hybridized carbons (Fsp3) is 0.533. The smallest absolute Gasteiger partial charge is 0.380 e. The van der Waals surface area contributed by atoms with Crippen molar-refractivity contribution in [2.45, 2.75) is 26.6 Å². The Hall–Kier alpha value is -1.10. The van der Waals surface area contributed by atoms with Gasteiger partial charge in [0.05, 0.1) is 18.7 Å². The molecule has 0 atom stereocenters. The number of hydrogen-bond donors (Lipinski definition) is 2. The average molecular weight is 463 g/mol. The van der Waals surface area contributed by atoms with E-state index in [9.17, 15) is 17.6 Å². The fourth-order valence-corrected chi connectivity index (χ4v) is 1.84. The number of ether oxygens (including phenoxy) is 1. The number of nitrogens with one attached hydrogen (secondary N) is 2. The van der Waals surface area contributed by atoms with Gasteiger partial charge in [-0.1, -0.05) is 6.07 Å². The molecule has 0 saturated carbocycles.